The number of alkyl halides is 3. The molecule has 2 aromatic carbocycles. The van der Waals surface area contributed by atoms with Crippen molar-refractivity contribution in [3.8, 4) is 0 Å². The van der Waals surface area contributed by atoms with Gasteiger partial charge in [-0.15, -0.1) is 0 Å². The van der Waals surface area contributed by atoms with Crippen molar-refractivity contribution in [3.05, 3.63) is 65.2 Å². The first-order valence-corrected chi connectivity index (χ1v) is 9.28. The van der Waals surface area contributed by atoms with E-state index >= 15 is 0 Å². The standard InChI is InChI=1S/C18H18Cl3N3OS/c1-11-6-8-13(9-7-11)15(25)23-16(18(19,20)21)24-17(26)22-14-5-3-4-12(2)10-14/h3-10,16H,1-2H3,(H,23,25)(H2,22,24,26). The molecule has 0 bridgehead atoms. The van der Waals surface area contributed by atoms with Crippen LogP contribution in [0, 0.1) is 13.8 Å². The normalized spacial score (nSPS) is 12.2. The van der Waals surface area contributed by atoms with Crippen LogP contribution in [0.15, 0.2) is 48.5 Å². The van der Waals surface area contributed by atoms with Gasteiger partial charge in [0.2, 0.25) is 3.79 Å². The SMILES string of the molecule is Cc1ccc(C(=O)NC(NC(=S)Nc2cccc(C)c2)C(Cl)(Cl)Cl)cc1. The summed E-state index contributed by atoms with van der Waals surface area (Å²) in [5.74, 6) is -0.382. The van der Waals surface area contributed by atoms with Crippen LogP contribution >= 0.6 is 47.0 Å². The fourth-order valence-electron chi connectivity index (χ4n) is 2.14. The second-order valence-corrected chi connectivity index (χ2v) is 8.56. The average Bonchev–Trinajstić information content (AvgIpc) is 2.53. The van der Waals surface area contributed by atoms with Gasteiger partial charge < -0.3 is 16.0 Å². The van der Waals surface area contributed by atoms with E-state index in [1.807, 2.05) is 50.2 Å². The van der Waals surface area contributed by atoms with Crippen molar-refractivity contribution in [1.82, 2.24) is 10.6 Å². The zero-order valence-corrected chi connectivity index (χ0v) is 17.2. The molecule has 2 aromatic rings. The number of nitrogens with one attached hydrogen (secondary N) is 3. The lowest BCUT2D eigenvalue weighted by atomic mass is 10.1. The Bertz CT molecular complexity index is 791. The molecule has 0 aliphatic rings. The van der Waals surface area contributed by atoms with Gasteiger partial charge in [-0.2, -0.15) is 0 Å². The smallest absolute Gasteiger partial charge is 0.252 e. The van der Waals surface area contributed by atoms with Crippen LogP contribution < -0.4 is 16.0 Å². The van der Waals surface area contributed by atoms with Gasteiger partial charge in [0, 0.05) is 11.3 Å². The second-order valence-electron chi connectivity index (χ2n) is 5.78. The van der Waals surface area contributed by atoms with Crippen molar-refractivity contribution < 1.29 is 4.79 Å². The van der Waals surface area contributed by atoms with Crippen molar-refractivity contribution in [2.45, 2.75) is 23.8 Å². The summed E-state index contributed by atoms with van der Waals surface area (Å²) in [6.07, 6.45) is -1.02. The number of halogens is 3. The monoisotopic (exact) mass is 429 g/mol. The molecule has 138 valence electrons. The second kappa shape index (κ2) is 8.91. The highest BCUT2D eigenvalue weighted by molar-refractivity contribution is 7.80. The molecule has 26 heavy (non-hydrogen) atoms. The van der Waals surface area contributed by atoms with Crippen LogP contribution in [0.25, 0.3) is 0 Å². The van der Waals surface area contributed by atoms with Crippen LogP contribution in [0.3, 0.4) is 0 Å². The number of carbonyl (C=O) groups excluding carboxylic acids is 1. The number of thiocarbonyl (C=S) groups is 1. The van der Waals surface area contributed by atoms with E-state index in [1.54, 1.807) is 12.1 Å². The number of carbonyl (C=O) groups is 1. The Morgan fingerprint density at radius 2 is 1.65 bits per heavy atom. The Balaban J connectivity index is 2.06. The van der Waals surface area contributed by atoms with Crippen LogP contribution in [-0.4, -0.2) is 21.0 Å². The summed E-state index contributed by atoms with van der Waals surface area (Å²) in [5, 5.41) is 8.69. The molecular weight excluding hydrogens is 413 g/mol. The zero-order valence-electron chi connectivity index (χ0n) is 14.1. The molecule has 1 atom stereocenters. The van der Waals surface area contributed by atoms with Gasteiger partial charge in [-0.1, -0.05) is 64.6 Å². The lowest BCUT2D eigenvalue weighted by Gasteiger charge is -2.27. The highest BCUT2D eigenvalue weighted by Gasteiger charge is 2.34. The number of hydrogen-bond donors (Lipinski definition) is 3. The number of amides is 1. The summed E-state index contributed by atoms with van der Waals surface area (Å²) in [5.41, 5.74) is 3.36. The Morgan fingerprint density at radius 3 is 2.23 bits per heavy atom. The van der Waals surface area contributed by atoms with E-state index in [-0.39, 0.29) is 11.0 Å². The molecule has 0 aliphatic heterocycles. The van der Waals surface area contributed by atoms with E-state index in [2.05, 4.69) is 16.0 Å². The third-order valence-corrected chi connectivity index (χ3v) is 4.34. The molecular formula is C18H18Cl3N3OS. The molecule has 0 saturated carbocycles. The molecule has 0 spiro atoms. The van der Waals surface area contributed by atoms with Crippen molar-refractivity contribution in [2.24, 2.45) is 0 Å². The van der Waals surface area contributed by atoms with Gasteiger partial charge in [-0.05, 0) is 55.9 Å². The largest absolute Gasteiger partial charge is 0.339 e. The van der Waals surface area contributed by atoms with E-state index in [0.717, 1.165) is 16.8 Å². The minimum absolute atomic E-state index is 0.219. The Kier molecular flexibility index (Phi) is 7.12. The molecule has 0 aromatic heterocycles. The van der Waals surface area contributed by atoms with Crippen LogP contribution in [0.1, 0.15) is 21.5 Å². The fraction of sp³-hybridized carbons (Fsp3) is 0.222. The van der Waals surface area contributed by atoms with Gasteiger partial charge in [0.25, 0.3) is 5.91 Å². The van der Waals surface area contributed by atoms with Crippen molar-refractivity contribution in [2.75, 3.05) is 5.32 Å². The summed E-state index contributed by atoms with van der Waals surface area (Å²) in [7, 11) is 0. The Labute approximate surface area is 173 Å². The number of anilines is 1. The van der Waals surface area contributed by atoms with E-state index < -0.39 is 9.96 Å². The third-order valence-electron chi connectivity index (χ3n) is 3.47. The molecule has 1 amide bonds. The topological polar surface area (TPSA) is 53.2 Å². The van der Waals surface area contributed by atoms with Gasteiger partial charge in [0.05, 0.1) is 0 Å². The van der Waals surface area contributed by atoms with Crippen molar-refractivity contribution in [3.63, 3.8) is 0 Å². The lowest BCUT2D eigenvalue weighted by molar-refractivity contribution is 0.0934. The molecule has 0 heterocycles. The lowest BCUT2D eigenvalue weighted by Crippen LogP contribution is -2.56. The fourth-order valence-corrected chi connectivity index (χ4v) is 2.70. The van der Waals surface area contributed by atoms with E-state index in [9.17, 15) is 4.79 Å². The maximum Gasteiger partial charge on any atom is 0.252 e. The number of hydrogen-bond acceptors (Lipinski definition) is 2. The average molecular weight is 431 g/mol. The van der Waals surface area contributed by atoms with Crippen LogP contribution in [0.2, 0.25) is 0 Å². The van der Waals surface area contributed by atoms with Crippen LogP contribution in [0.4, 0.5) is 5.69 Å². The third kappa shape index (κ3) is 6.32. The first-order chi connectivity index (χ1) is 12.1. The van der Waals surface area contributed by atoms with Gasteiger partial charge in [-0.3, -0.25) is 4.79 Å². The summed E-state index contributed by atoms with van der Waals surface area (Å²) >= 11 is 23.2. The van der Waals surface area contributed by atoms with Gasteiger partial charge in [0.1, 0.15) is 6.17 Å². The predicted octanol–water partition coefficient (Wildman–Crippen LogP) is 4.72. The highest BCUT2D eigenvalue weighted by atomic mass is 35.6. The molecule has 0 radical (unpaired) electrons. The summed E-state index contributed by atoms with van der Waals surface area (Å²) in [6, 6.07) is 14.7. The molecule has 0 fully saturated rings. The minimum atomic E-state index is -1.81. The van der Waals surface area contributed by atoms with Gasteiger partial charge >= 0.3 is 0 Å². The molecule has 8 heteroatoms. The molecule has 4 nitrogen and oxygen atoms in total. The van der Waals surface area contributed by atoms with Crippen LogP contribution in [0.5, 0.6) is 0 Å². The molecule has 0 aliphatic carbocycles. The molecule has 2 rings (SSSR count). The van der Waals surface area contributed by atoms with E-state index in [4.69, 9.17) is 47.0 Å². The minimum Gasteiger partial charge on any atom is -0.339 e. The van der Waals surface area contributed by atoms with E-state index in [1.165, 1.54) is 0 Å². The van der Waals surface area contributed by atoms with Gasteiger partial charge in [-0.25, -0.2) is 0 Å². The first kappa shape index (κ1) is 20.8. The predicted molar refractivity (Wildman–Crippen MR) is 113 cm³/mol. The van der Waals surface area contributed by atoms with Crippen molar-refractivity contribution in [1.29, 1.82) is 0 Å². The molecule has 3 N–H and O–H groups in total. The quantitative estimate of drug-likeness (QED) is 0.373. The number of rotatable bonds is 4. The Hall–Kier alpha value is -1.53. The maximum atomic E-state index is 12.4. The summed E-state index contributed by atoms with van der Waals surface area (Å²) in [6.45, 7) is 3.90. The number of aryl methyl sites for hydroxylation is 2. The van der Waals surface area contributed by atoms with Crippen molar-refractivity contribution >= 4 is 63.7 Å². The molecule has 1 unspecified atom stereocenters. The van der Waals surface area contributed by atoms with Crippen LogP contribution in [-0.2, 0) is 0 Å². The highest BCUT2D eigenvalue weighted by Crippen LogP contribution is 2.29. The van der Waals surface area contributed by atoms with E-state index in [0.29, 0.717) is 5.56 Å². The first-order valence-electron chi connectivity index (χ1n) is 7.73. The van der Waals surface area contributed by atoms with Gasteiger partial charge in [0.15, 0.2) is 5.11 Å². The number of benzene rings is 2. The molecule has 0 saturated heterocycles. The summed E-state index contributed by atoms with van der Waals surface area (Å²) < 4.78 is -1.81. The Morgan fingerprint density at radius 1 is 1.00 bits per heavy atom. The zero-order chi connectivity index (χ0) is 19.3. The maximum absolute atomic E-state index is 12.4. The summed E-state index contributed by atoms with van der Waals surface area (Å²) in [4.78, 5) is 12.4.